The van der Waals surface area contributed by atoms with Crippen LogP contribution in [0.4, 0.5) is 0 Å². The van der Waals surface area contributed by atoms with E-state index in [0.717, 1.165) is 0 Å². The van der Waals surface area contributed by atoms with Crippen molar-refractivity contribution in [3.63, 3.8) is 0 Å². The van der Waals surface area contributed by atoms with E-state index < -0.39 is 37.1 Å². The summed E-state index contributed by atoms with van der Waals surface area (Å²) in [5, 5.41) is 0. The molecule has 4 nitrogen and oxygen atoms in total. The van der Waals surface area contributed by atoms with Crippen molar-refractivity contribution < 1.29 is 16.5 Å². The Morgan fingerprint density at radius 2 is 0.600 bits per heavy atom. The maximum Gasteiger partial charge on any atom is 0.320 e. The summed E-state index contributed by atoms with van der Waals surface area (Å²) >= 11 is 0. The molecule has 1 saturated heterocycles. The second-order valence-corrected chi connectivity index (χ2v) is 23.6. The Hall–Kier alpha value is 0.708. The molecule has 1 rings (SSSR count). The van der Waals surface area contributed by atoms with E-state index in [1.165, 1.54) is 178 Å². The van der Waals surface area contributed by atoms with Crippen molar-refractivity contribution in [2.75, 3.05) is 0 Å². The molecule has 0 spiro atoms. The van der Waals surface area contributed by atoms with Gasteiger partial charge < -0.3 is 16.5 Å². The largest absolute Gasteiger partial charge is 0.425 e. The minimum Gasteiger partial charge on any atom is -0.425 e. The molecular formula is C32H72O4Si4. The molecule has 0 N–H and O–H groups in total. The maximum absolute atomic E-state index is 7.60. The summed E-state index contributed by atoms with van der Waals surface area (Å²) in [6.45, 7) is 9.24. The van der Waals surface area contributed by atoms with E-state index in [2.05, 4.69) is 27.7 Å². The molecule has 0 atom stereocenters. The van der Waals surface area contributed by atoms with Gasteiger partial charge >= 0.3 is 17.1 Å². The minimum atomic E-state index is -2.30. The van der Waals surface area contributed by atoms with Gasteiger partial charge in [-0.3, -0.25) is 0 Å². The first-order valence-electron chi connectivity index (χ1n) is 18.2. The number of unbranched alkanes of at least 4 members (excludes halogenated alkanes) is 20. The predicted molar refractivity (Wildman–Crippen MR) is 186 cm³/mol. The lowest BCUT2D eigenvalue weighted by Crippen LogP contribution is -2.58. The summed E-state index contributed by atoms with van der Waals surface area (Å²) < 4.78 is 27.7. The van der Waals surface area contributed by atoms with Crippen molar-refractivity contribution in [1.82, 2.24) is 0 Å². The summed E-state index contributed by atoms with van der Waals surface area (Å²) in [4.78, 5) is 0. The highest BCUT2D eigenvalue weighted by molar-refractivity contribution is 6.85. The van der Waals surface area contributed by atoms with Gasteiger partial charge in [-0.05, 0) is 24.2 Å². The molecule has 1 aliphatic rings. The highest BCUT2D eigenvalue weighted by atomic mass is 28.5. The fourth-order valence-corrected chi connectivity index (χ4v) is 22.2. The van der Waals surface area contributed by atoms with Gasteiger partial charge in [0.05, 0.1) is 0 Å². The van der Waals surface area contributed by atoms with E-state index in [9.17, 15) is 0 Å². The van der Waals surface area contributed by atoms with E-state index in [0.29, 0.717) is 0 Å². The van der Waals surface area contributed by atoms with Gasteiger partial charge in [-0.25, -0.2) is 0 Å². The lowest BCUT2D eigenvalue weighted by Gasteiger charge is -2.43. The molecule has 0 aromatic rings. The van der Waals surface area contributed by atoms with E-state index >= 15 is 0 Å². The molecule has 1 aliphatic heterocycles. The van der Waals surface area contributed by atoms with Gasteiger partial charge in [0.25, 0.3) is 20.0 Å². The Balaban J connectivity index is 2.94. The SMILES string of the molecule is CCCCCCCC[Si]1(CCCCCCCC)O[SiH2]O[SiH2]O[Si](CCCCCCCC)(CCCCCCCC)O1. The smallest absolute Gasteiger partial charge is 0.320 e. The molecule has 240 valence electrons. The second-order valence-electron chi connectivity index (χ2n) is 12.7. The van der Waals surface area contributed by atoms with Crippen molar-refractivity contribution in [2.24, 2.45) is 0 Å². The number of hydrogen-bond donors (Lipinski definition) is 0. The maximum atomic E-state index is 7.60. The normalized spacial score (nSPS) is 18.3. The van der Waals surface area contributed by atoms with Gasteiger partial charge in [-0.15, -0.1) is 0 Å². The van der Waals surface area contributed by atoms with Crippen LogP contribution < -0.4 is 0 Å². The average molecular weight is 633 g/mol. The Kier molecular flexibility index (Phi) is 26.4. The van der Waals surface area contributed by atoms with E-state index in [1.807, 2.05) is 0 Å². The van der Waals surface area contributed by atoms with Gasteiger partial charge in [0.1, 0.15) is 0 Å². The van der Waals surface area contributed by atoms with Gasteiger partial charge in [-0.1, -0.05) is 182 Å². The molecule has 0 amide bonds. The summed E-state index contributed by atoms with van der Waals surface area (Å²) in [5.41, 5.74) is 0. The van der Waals surface area contributed by atoms with Crippen LogP contribution in [0.5, 0.6) is 0 Å². The van der Waals surface area contributed by atoms with Gasteiger partial charge in [0.15, 0.2) is 0 Å². The van der Waals surface area contributed by atoms with E-state index in [4.69, 9.17) is 16.5 Å². The van der Waals surface area contributed by atoms with Crippen LogP contribution in [0.25, 0.3) is 0 Å². The zero-order valence-electron chi connectivity index (χ0n) is 27.8. The third-order valence-electron chi connectivity index (χ3n) is 8.83. The monoisotopic (exact) mass is 632 g/mol. The highest BCUT2D eigenvalue weighted by Crippen LogP contribution is 2.36. The van der Waals surface area contributed by atoms with Crippen molar-refractivity contribution in [3.8, 4) is 0 Å². The lowest BCUT2D eigenvalue weighted by atomic mass is 10.1. The topological polar surface area (TPSA) is 36.9 Å². The Morgan fingerprint density at radius 1 is 0.350 bits per heavy atom. The minimum absolute atomic E-state index is 0.967. The summed E-state index contributed by atoms with van der Waals surface area (Å²) in [6, 6.07) is 4.71. The first-order valence-corrected chi connectivity index (χ1v) is 25.0. The van der Waals surface area contributed by atoms with Crippen LogP contribution in [0.1, 0.15) is 182 Å². The summed E-state index contributed by atoms with van der Waals surface area (Å²) in [7, 11) is -6.54. The summed E-state index contributed by atoms with van der Waals surface area (Å²) in [6.07, 6.45) is 32.2. The van der Waals surface area contributed by atoms with E-state index in [-0.39, 0.29) is 0 Å². The molecule has 0 aliphatic carbocycles. The highest BCUT2D eigenvalue weighted by Gasteiger charge is 2.48. The number of rotatable bonds is 28. The van der Waals surface area contributed by atoms with Crippen molar-refractivity contribution in [3.05, 3.63) is 0 Å². The Bertz CT molecular complexity index is 465. The second kappa shape index (κ2) is 27.3. The van der Waals surface area contributed by atoms with Gasteiger partial charge in [0.2, 0.25) is 0 Å². The molecule has 40 heavy (non-hydrogen) atoms. The predicted octanol–water partition coefficient (Wildman–Crippen LogP) is 10.4. The summed E-state index contributed by atoms with van der Waals surface area (Å²) in [5.74, 6) is 0. The average Bonchev–Trinajstić information content (AvgIpc) is 2.95. The molecule has 8 heteroatoms. The molecule has 1 heterocycles. The Labute approximate surface area is 258 Å². The van der Waals surface area contributed by atoms with Gasteiger partial charge in [-0.2, -0.15) is 0 Å². The van der Waals surface area contributed by atoms with Crippen LogP contribution in [0, 0.1) is 0 Å². The van der Waals surface area contributed by atoms with Crippen molar-refractivity contribution >= 4 is 37.1 Å². The lowest BCUT2D eigenvalue weighted by molar-refractivity contribution is 0.259. The molecule has 0 aromatic carbocycles. The van der Waals surface area contributed by atoms with Crippen LogP contribution in [0.3, 0.4) is 0 Å². The first kappa shape index (κ1) is 38.7. The number of hydrogen-bond acceptors (Lipinski definition) is 4. The Morgan fingerprint density at radius 3 is 0.875 bits per heavy atom. The molecule has 0 unspecified atom stereocenters. The van der Waals surface area contributed by atoms with Crippen molar-refractivity contribution in [1.29, 1.82) is 0 Å². The van der Waals surface area contributed by atoms with Crippen molar-refractivity contribution in [2.45, 2.75) is 206 Å². The van der Waals surface area contributed by atoms with Crippen LogP contribution in [-0.4, -0.2) is 37.1 Å². The fraction of sp³-hybridized carbons (Fsp3) is 1.00. The quantitative estimate of drug-likeness (QED) is 0.0635. The molecule has 0 radical (unpaired) electrons. The third-order valence-corrected chi connectivity index (χ3v) is 22.7. The third kappa shape index (κ3) is 19.8. The standard InChI is InChI=1S/C32H72O4Si4/c1-5-9-13-17-21-25-29-39(30-26-22-18-14-10-6-2)34-37-33-38-35-40(36-39,31-27-23-19-15-11-7-3)32-28-24-20-16-12-8-4/h5-32,37-38H2,1-4H3. The van der Waals surface area contributed by atoms with Crippen LogP contribution in [0.15, 0.2) is 0 Å². The first-order chi connectivity index (χ1) is 19.7. The molecule has 1 fully saturated rings. The van der Waals surface area contributed by atoms with E-state index in [1.54, 1.807) is 0 Å². The van der Waals surface area contributed by atoms with Crippen LogP contribution in [0.2, 0.25) is 24.2 Å². The molecule has 0 bridgehead atoms. The zero-order valence-corrected chi connectivity index (χ0v) is 32.7. The molecular weight excluding hydrogens is 561 g/mol. The molecule has 0 aromatic heterocycles. The van der Waals surface area contributed by atoms with Gasteiger partial charge in [0, 0.05) is 0 Å². The van der Waals surface area contributed by atoms with Crippen LogP contribution in [-0.2, 0) is 16.5 Å². The van der Waals surface area contributed by atoms with Crippen LogP contribution >= 0.6 is 0 Å². The molecule has 0 saturated carbocycles. The zero-order chi connectivity index (χ0) is 29.0. The fourth-order valence-electron chi connectivity index (χ4n) is 6.17.